The largest absolute Gasteiger partial charge is 0.493 e. The van der Waals surface area contributed by atoms with Crippen LogP contribution < -0.4 is 19.7 Å². The van der Waals surface area contributed by atoms with Crippen LogP contribution in [0.5, 0.6) is 11.5 Å². The standard InChI is InChI=1S/C24H31N3O4/c1-17(2)25-23(28)16-31-21-9-8-19(15-22(21)30-4)24(29)27-12-10-26(11-13-27)20-7-5-6-18(3)14-20/h5-9,14-15,17H,10-13,16H2,1-4H3,(H,25,28). The second kappa shape index (κ2) is 10.2. The number of nitrogens with one attached hydrogen (secondary N) is 1. The molecule has 1 N–H and O–H groups in total. The van der Waals surface area contributed by atoms with Crippen molar-refractivity contribution in [1.29, 1.82) is 0 Å². The van der Waals surface area contributed by atoms with E-state index in [0.717, 1.165) is 13.1 Å². The fourth-order valence-electron chi connectivity index (χ4n) is 3.60. The number of hydrogen-bond donors (Lipinski definition) is 1. The van der Waals surface area contributed by atoms with Gasteiger partial charge in [-0.2, -0.15) is 0 Å². The Hall–Kier alpha value is -3.22. The minimum Gasteiger partial charge on any atom is -0.493 e. The molecular formula is C24H31N3O4. The van der Waals surface area contributed by atoms with Gasteiger partial charge in [-0.05, 0) is 56.7 Å². The molecular weight excluding hydrogens is 394 g/mol. The molecule has 166 valence electrons. The van der Waals surface area contributed by atoms with Gasteiger partial charge in [-0.25, -0.2) is 0 Å². The van der Waals surface area contributed by atoms with Gasteiger partial charge in [-0.15, -0.1) is 0 Å². The molecule has 0 radical (unpaired) electrons. The molecule has 7 nitrogen and oxygen atoms in total. The Kier molecular flexibility index (Phi) is 7.39. The summed E-state index contributed by atoms with van der Waals surface area (Å²) in [6, 6.07) is 13.5. The lowest BCUT2D eigenvalue weighted by atomic mass is 10.1. The topological polar surface area (TPSA) is 71.1 Å². The van der Waals surface area contributed by atoms with E-state index in [9.17, 15) is 9.59 Å². The second-order valence-corrected chi connectivity index (χ2v) is 7.99. The van der Waals surface area contributed by atoms with Crippen molar-refractivity contribution in [2.24, 2.45) is 0 Å². The lowest BCUT2D eigenvalue weighted by molar-refractivity contribution is -0.123. The Labute approximate surface area is 183 Å². The highest BCUT2D eigenvalue weighted by Gasteiger charge is 2.23. The number of carbonyl (C=O) groups excluding carboxylic acids is 2. The van der Waals surface area contributed by atoms with Gasteiger partial charge in [-0.1, -0.05) is 12.1 Å². The number of benzene rings is 2. The quantitative estimate of drug-likeness (QED) is 0.739. The van der Waals surface area contributed by atoms with E-state index in [1.54, 1.807) is 18.2 Å². The molecule has 1 fully saturated rings. The Morgan fingerprint density at radius 3 is 2.42 bits per heavy atom. The molecule has 2 aromatic rings. The van der Waals surface area contributed by atoms with Crippen molar-refractivity contribution in [2.75, 3.05) is 44.8 Å². The van der Waals surface area contributed by atoms with E-state index in [1.165, 1.54) is 18.4 Å². The Morgan fingerprint density at radius 2 is 1.77 bits per heavy atom. The molecule has 0 spiro atoms. The minimum absolute atomic E-state index is 0.0358. The van der Waals surface area contributed by atoms with Crippen molar-refractivity contribution < 1.29 is 19.1 Å². The van der Waals surface area contributed by atoms with Crippen LogP contribution in [0.2, 0.25) is 0 Å². The number of anilines is 1. The van der Waals surface area contributed by atoms with Crippen molar-refractivity contribution in [1.82, 2.24) is 10.2 Å². The molecule has 7 heteroatoms. The van der Waals surface area contributed by atoms with E-state index < -0.39 is 0 Å². The monoisotopic (exact) mass is 425 g/mol. The summed E-state index contributed by atoms with van der Waals surface area (Å²) in [6.45, 7) is 8.64. The summed E-state index contributed by atoms with van der Waals surface area (Å²) in [5.74, 6) is 0.624. The van der Waals surface area contributed by atoms with Crippen LogP contribution in [0.25, 0.3) is 0 Å². The van der Waals surface area contributed by atoms with Crippen molar-refractivity contribution >= 4 is 17.5 Å². The van der Waals surface area contributed by atoms with Gasteiger partial charge < -0.3 is 24.6 Å². The first-order valence-corrected chi connectivity index (χ1v) is 10.6. The molecule has 3 rings (SSSR count). The molecule has 1 aliphatic rings. The SMILES string of the molecule is COc1cc(C(=O)N2CCN(c3cccc(C)c3)CC2)ccc1OCC(=O)NC(C)C. The third kappa shape index (κ3) is 5.90. The van der Waals surface area contributed by atoms with Gasteiger partial charge in [0.25, 0.3) is 11.8 Å². The molecule has 0 saturated carbocycles. The third-order valence-electron chi connectivity index (χ3n) is 5.15. The van der Waals surface area contributed by atoms with Crippen LogP contribution in [0.3, 0.4) is 0 Å². The fraction of sp³-hybridized carbons (Fsp3) is 0.417. The number of aryl methyl sites for hydroxylation is 1. The number of rotatable bonds is 7. The molecule has 0 unspecified atom stereocenters. The van der Waals surface area contributed by atoms with Gasteiger partial charge >= 0.3 is 0 Å². The van der Waals surface area contributed by atoms with Crippen LogP contribution in [0.4, 0.5) is 5.69 Å². The lowest BCUT2D eigenvalue weighted by Gasteiger charge is -2.36. The maximum Gasteiger partial charge on any atom is 0.258 e. The minimum atomic E-state index is -0.205. The zero-order valence-corrected chi connectivity index (χ0v) is 18.7. The van der Waals surface area contributed by atoms with E-state index in [0.29, 0.717) is 30.2 Å². The number of hydrogen-bond acceptors (Lipinski definition) is 5. The molecule has 31 heavy (non-hydrogen) atoms. The first kappa shape index (κ1) is 22.5. The molecule has 0 aromatic heterocycles. The van der Waals surface area contributed by atoms with Gasteiger partial charge in [0, 0.05) is 43.5 Å². The molecule has 1 aliphatic heterocycles. The Bertz CT molecular complexity index is 921. The molecule has 0 bridgehead atoms. The first-order chi connectivity index (χ1) is 14.9. The third-order valence-corrected chi connectivity index (χ3v) is 5.15. The predicted molar refractivity (Wildman–Crippen MR) is 121 cm³/mol. The van der Waals surface area contributed by atoms with Crippen molar-refractivity contribution in [3.8, 4) is 11.5 Å². The predicted octanol–water partition coefficient (Wildman–Crippen LogP) is 2.87. The van der Waals surface area contributed by atoms with Gasteiger partial charge in [0.15, 0.2) is 18.1 Å². The smallest absolute Gasteiger partial charge is 0.258 e. The molecule has 0 atom stereocenters. The van der Waals surface area contributed by atoms with Gasteiger partial charge in [0.1, 0.15) is 0 Å². The number of amides is 2. The average molecular weight is 426 g/mol. The van der Waals surface area contributed by atoms with E-state index in [2.05, 4.69) is 41.4 Å². The first-order valence-electron chi connectivity index (χ1n) is 10.6. The van der Waals surface area contributed by atoms with Crippen LogP contribution in [-0.4, -0.2) is 62.7 Å². The summed E-state index contributed by atoms with van der Waals surface area (Å²) in [5.41, 5.74) is 2.96. The zero-order valence-electron chi connectivity index (χ0n) is 18.7. The summed E-state index contributed by atoms with van der Waals surface area (Å²) in [5, 5.41) is 2.77. The number of nitrogens with zero attached hydrogens (tertiary/aromatic N) is 2. The van der Waals surface area contributed by atoms with Gasteiger partial charge in [0.2, 0.25) is 0 Å². The summed E-state index contributed by atoms with van der Waals surface area (Å²) >= 11 is 0. The van der Waals surface area contributed by atoms with Crippen LogP contribution in [0, 0.1) is 6.92 Å². The van der Waals surface area contributed by atoms with E-state index in [1.807, 2.05) is 18.7 Å². The molecule has 2 aromatic carbocycles. The van der Waals surface area contributed by atoms with E-state index in [4.69, 9.17) is 9.47 Å². The molecule has 2 amide bonds. The summed E-state index contributed by atoms with van der Waals surface area (Å²) in [4.78, 5) is 29.0. The highest BCUT2D eigenvalue weighted by Crippen LogP contribution is 2.29. The van der Waals surface area contributed by atoms with Crippen LogP contribution in [-0.2, 0) is 4.79 Å². The molecule has 1 saturated heterocycles. The Morgan fingerprint density at radius 1 is 1.03 bits per heavy atom. The molecule has 1 heterocycles. The van der Waals surface area contributed by atoms with Crippen molar-refractivity contribution in [3.05, 3.63) is 53.6 Å². The normalized spacial score (nSPS) is 13.8. The maximum absolute atomic E-state index is 13.0. The van der Waals surface area contributed by atoms with E-state index >= 15 is 0 Å². The highest BCUT2D eigenvalue weighted by atomic mass is 16.5. The summed E-state index contributed by atoms with van der Waals surface area (Å²) in [6.07, 6.45) is 0. The summed E-state index contributed by atoms with van der Waals surface area (Å²) < 4.78 is 11.0. The fourth-order valence-corrected chi connectivity index (χ4v) is 3.60. The number of piperazine rings is 1. The van der Waals surface area contributed by atoms with Gasteiger partial charge in [-0.3, -0.25) is 9.59 Å². The average Bonchev–Trinajstić information content (AvgIpc) is 2.76. The van der Waals surface area contributed by atoms with Gasteiger partial charge in [0.05, 0.1) is 7.11 Å². The molecule has 0 aliphatic carbocycles. The maximum atomic E-state index is 13.0. The Balaban J connectivity index is 1.61. The lowest BCUT2D eigenvalue weighted by Crippen LogP contribution is -2.48. The highest BCUT2D eigenvalue weighted by molar-refractivity contribution is 5.95. The van der Waals surface area contributed by atoms with E-state index in [-0.39, 0.29) is 24.5 Å². The number of methoxy groups -OCH3 is 1. The van der Waals surface area contributed by atoms with Crippen molar-refractivity contribution in [2.45, 2.75) is 26.8 Å². The van der Waals surface area contributed by atoms with Crippen LogP contribution >= 0.6 is 0 Å². The van der Waals surface area contributed by atoms with Crippen molar-refractivity contribution in [3.63, 3.8) is 0 Å². The summed E-state index contributed by atoms with van der Waals surface area (Å²) in [7, 11) is 1.52. The zero-order chi connectivity index (χ0) is 22.4. The second-order valence-electron chi connectivity index (χ2n) is 7.99. The van der Waals surface area contributed by atoms with Crippen LogP contribution in [0.15, 0.2) is 42.5 Å². The van der Waals surface area contributed by atoms with Crippen LogP contribution in [0.1, 0.15) is 29.8 Å². The number of carbonyl (C=O) groups is 2. The number of ether oxygens (including phenoxy) is 2.